The second kappa shape index (κ2) is 15.3. The highest BCUT2D eigenvalue weighted by Crippen LogP contribution is 2.12. The summed E-state index contributed by atoms with van der Waals surface area (Å²) in [6, 6.07) is -0.00974. The van der Waals surface area contributed by atoms with Crippen molar-refractivity contribution in [3.8, 4) is 5.75 Å². The number of aliphatic hydroxyl groups excluding tert-OH is 1. The minimum Gasteiger partial charge on any atom is -0.508 e. The van der Waals surface area contributed by atoms with Crippen molar-refractivity contribution in [3.05, 3.63) is 29.8 Å². The van der Waals surface area contributed by atoms with Crippen molar-refractivity contribution < 1.29 is 44.4 Å². The minimum absolute atomic E-state index is 0.0382. The standard InChI is InChI=1S/C22H33N5O9/c23-8-2-1-3-15(22(35)36)25-21(34)17(10-18(30)31)27-20(33)16(26-19(32)14(24)11-28)9-12-4-6-13(29)7-5-12/h4-7,14-17,28-29H,1-3,8-11,23-24H2,(H,25,34)(H,26,32)(H,27,33)(H,30,31)(H,35,36). The number of hydrogen-bond donors (Lipinski definition) is 9. The molecular formula is C22H33N5O9. The van der Waals surface area contributed by atoms with E-state index in [-0.39, 0.29) is 18.6 Å². The van der Waals surface area contributed by atoms with Gasteiger partial charge < -0.3 is 47.8 Å². The van der Waals surface area contributed by atoms with Crippen molar-refractivity contribution in [2.75, 3.05) is 13.2 Å². The molecular weight excluding hydrogens is 478 g/mol. The van der Waals surface area contributed by atoms with E-state index < -0.39 is 66.9 Å². The van der Waals surface area contributed by atoms with Crippen LogP contribution in [0.5, 0.6) is 5.75 Å². The molecule has 0 aromatic heterocycles. The third-order valence-electron chi connectivity index (χ3n) is 5.12. The van der Waals surface area contributed by atoms with Crippen LogP contribution in [0, 0.1) is 0 Å². The van der Waals surface area contributed by atoms with E-state index in [2.05, 4.69) is 16.0 Å². The number of aliphatic hydroxyl groups is 1. The molecule has 1 aromatic carbocycles. The number of carbonyl (C=O) groups excluding carboxylic acids is 3. The molecule has 4 atom stereocenters. The Morgan fingerprint density at radius 1 is 0.833 bits per heavy atom. The second-order valence-corrected chi connectivity index (χ2v) is 8.06. The molecule has 3 amide bonds. The summed E-state index contributed by atoms with van der Waals surface area (Å²) in [5.74, 6) is -5.67. The van der Waals surface area contributed by atoms with Crippen molar-refractivity contribution in [1.29, 1.82) is 0 Å². The lowest BCUT2D eigenvalue weighted by Crippen LogP contribution is -2.58. The predicted molar refractivity (Wildman–Crippen MR) is 125 cm³/mol. The lowest BCUT2D eigenvalue weighted by Gasteiger charge is -2.24. The zero-order valence-corrected chi connectivity index (χ0v) is 19.6. The van der Waals surface area contributed by atoms with Crippen LogP contribution in [0.2, 0.25) is 0 Å². The normalized spacial score (nSPS) is 14.1. The molecule has 200 valence electrons. The molecule has 14 nitrogen and oxygen atoms in total. The molecule has 0 bridgehead atoms. The SMILES string of the molecule is NCCCCC(NC(=O)C(CC(=O)O)NC(=O)C(Cc1ccc(O)cc1)NC(=O)C(N)CO)C(=O)O. The third kappa shape index (κ3) is 10.7. The van der Waals surface area contributed by atoms with Crippen molar-refractivity contribution in [2.24, 2.45) is 11.5 Å². The maximum atomic E-state index is 13.0. The summed E-state index contributed by atoms with van der Waals surface area (Å²) in [6.07, 6.45) is -0.0271. The summed E-state index contributed by atoms with van der Waals surface area (Å²) in [5.41, 5.74) is 11.4. The number of carboxylic acids is 2. The van der Waals surface area contributed by atoms with Crippen molar-refractivity contribution in [1.82, 2.24) is 16.0 Å². The van der Waals surface area contributed by atoms with Gasteiger partial charge in [0.1, 0.15) is 29.9 Å². The van der Waals surface area contributed by atoms with Gasteiger partial charge >= 0.3 is 11.9 Å². The van der Waals surface area contributed by atoms with Crippen molar-refractivity contribution in [3.63, 3.8) is 0 Å². The molecule has 0 radical (unpaired) electrons. The van der Waals surface area contributed by atoms with E-state index in [9.17, 15) is 39.3 Å². The fourth-order valence-electron chi connectivity index (χ4n) is 3.12. The van der Waals surface area contributed by atoms with Gasteiger partial charge in [-0.1, -0.05) is 12.1 Å². The third-order valence-corrected chi connectivity index (χ3v) is 5.12. The number of unbranched alkanes of at least 4 members (excludes halogenated alkanes) is 1. The molecule has 0 aliphatic rings. The summed E-state index contributed by atoms with van der Waals surface area (Å²) in [7, 11) is 0. The van der Waals surface area contributed by atoms with Gasteiger partial charge in [-0.25, -0.2) is 4.79 Å². The topological polar surface area (TPSA) is 254 Å². The van der Waals surface area contributed by atoms with E-state index in [0.29, 0.717) is 24.9 Å². The van der Waals surface area contributed by atoms with E-state index in [1.165, 1.54) is 24.3 Å². The van der Waals surface area contributed by atoms with Crippen LogP contribution < -0.4 is 27.4 Å². The molecule has 1 aromatic rings. The first-order valence-corrected chi connectivity index (χ1v) is 11.2. The lowest BCUT2D eigenvalue weighted by atomic mass is 10.0. The fraction of sp³-hybridized carbons (Fsp3) is 0.500. The largest absolute Gasteiger partial charge is 0.508 e. The Labute approximate surface area is 207 Å². The molecule has 0 fully saturated rings. The number of aromatic hydroxyl groups is 1. The van der Waals surface area contributed by atoms with Crippen LogP contribution in [-0.2, 0) is 30.4 Å². The summed E-state index contributed by atoms with van der Waals surface area (Å²) in [5, 5.41) is 43.9. The maximum absolute atomic E-state index is 13.0. The van der Waals surface area contributed by atoms with Gasteiger partial charge in [-0.2, -0.15) is 0 Å². The van der Waals surface area contributed by atoms with E-state index in [4.69, 9.17) is 16.6 Å². The number of carbonyl (C=O) groups is 5. The average Bonchev–Trinajstić information content (AvgIpc) is 2.82. The van der Waals surface area contributed by atoms with E-state index in [1.54, 1.807) is 0 Å². The summed E-state index contributed by atoms with van der Waals surface area (Å²) in [6.45, 7) is -0.379. The molecule has 36 heavy (non-hydrogen) atoms. The molecule has 14 heteroatoms. The number of benzene rings is 1. The predicted octanol–water partition coefficient (Wildman–Crippen LogP) is -2.60. The maximum Gasteiger partial charge on any atom is 0.326 e. The number of aliphatic carboxylic acids is 2. The Morgan fingerprint density at radius 2 is 1.39 bits per heavy atom. The van der Waals surface area contributed by atoms with Crippen LogP contribution in [0.4, 0.5) is 0 Å². The number of phenols is 1. The first kappa shape index (κ1) is 30.3. The van der Waals surface area contributed by atoms with Crippen molar-refractivity contribution >= 4 is 29.7 Å². The molecule has 4 unspecified atom stereocenters. The number of hydrogen-bond acceptors (Lipinski definition) is 9. The minimum atomic E-state index is -1.66. The highest BCUT2D eigenvalue weighted by atomic mass is 16.4. The summed E-state index contributed by atoms with van der Waals surface area (Å²) < 4.78 is 0. The first-order chi connectivity index (χ1) is 17.0. The van der Waals surface area contributed by atoms with Gasteiger partial charge in [0.05, 0.1) is 13.0 Å². The van der Waals surface area contributed by atoms with Gasteiger partial charge in [0, 0.05) is 6.42 Å². The highest BCUT2D eigenvalue weighted by Gasteiger charge is 2.31. The number of phenolic OH excluding ortho intramolecular Hbond substituents is 1. The number of rotatable bonds is 16. The molecule has 0 saturated carbocycles. The Kier molecular flexibility index (Phi) is 12.9. The number of carboxylic acid groups (broad SMARTS) is 2. The van der Waals surface area contributed by atoms with E-state index in [1.807, 2.05) is 0 Å². The van der Waals surface area contributed by atoms with Crippen LogP contribution in [0.15, 0.2) is 24.3 Å². The van der Waals surface area contributed by atoms with Crippen molar-refractivity contribution in [2.45, 2.75) is 56.3 Å². The van der Waals surface area contributed by atoms with Crippen LogP contribution in [-0.4, -0.2) is 87.4 Å². The van der Waals surface area contributed by atoms with Crippen LogP contribution in [0.1, 0.15) is 31.2 Å². The number of nitrogens with two attached hydrogens (primary N) is 2. The first-order valence-electron chi connectivity index (χ1n) is 11.2. The Bertz CT molecular complexity index is 910. The van der Waals surface area contributed by atoms with Crippen LogP contribution in [0.3, 0.4) is 0 Å². The number of nitrogens with one attached hydrogen (secondary N) is 3. The van der Waals surface area contributed by atoms with Crippen LogP contribution >= 0.6 is 0 Å². The molecule has 0 saturated heterocycles. The van der Waals surface area contributed by atoms with Gasteiger partial charge in [0.15, 0.2) is 0 Å². The molecule has 0 aliphatic heterocycles. The van der Waals surface area contributed by atoms with Gasteiger partial charge in [0.2, 0.25) is 17.7 Å². The molecule has 0 spiro atoms. The Hall–Kier alpha value is -3.75. The molecule has 1 rings (SSSR count). The second-order valence-electron chi connectivity index (χ2n) is 8.06. The Balaban J connectivity index is 3.08. The van der Waals surface area contributed by atoms with Gasteiger partial charge in [0.25, 0.3) is 0 Å². The molecule has 11 N–H and O–H groups in total. The summed E-state index contributed by atoms with van der Waals surface area (Å²) in [4.78, 5) is 60.8. The van der Waals surface area contributed by atoms with Crippen LogP contribution in [0.25, 0.3) is 0 Å². The van der Waals surface area contributed by atoms with Gasteiger partial charge in [-0.05, 0) is 43.5 Å². The lowest BCUT2D eigenvalue weighted by molar-refractivity contribution is -0.143. The van der Waals surface area contributed by atoms with E-state index >= 15 is 0 Å². The molecule has 0 heterocycles. The summed E-state index contributed by atoms with van der Waals surface area (Å²) >= 11 is 0. The quantitative estimate of drug-likeness (QED) is 0.104. The van der Waals surface area contributed by atoms with Gasteiger partial charge in [-0.3, -0.25) is 19.2 Å². The zero-order chi connectivity index (χ0) is 27.3. The number of amides is 3. The fourth-order valence-corrected chi connectivity index (χ4v) is 3.12. The smallest absolute Gasteiger partial charge is 0.326 e. The zero-order valence-electron chi connectivity index (χ0n) is 19.6. The van der Waals surface area contributed by atoms with E-state index in [0.717, 1.165) is 0 Å². The highest BCUT2D eigenvalue weighted by molar-refractivity contribution is 5.95. The average molecular weight is 512 g/mol. The van der Waals surface area contributed by atoms with Gasteiger partial charge in [-0.15, -0.1) is 0 Å². The Morgan fingerprint density at radius 3 is 1.92 bits per heavy atom. The molecule has 0 aliphatic carbocycles. The monoisotopic (exact) mass is 511 g/mol.